The third-order valence-electron chi connectivity index (χ3n) is 1.09. The summed E-state index contributed by atoms with van der Waals surface area (Å²) in [7, 11) is 1.72. The molecule has 54 valence electrons. The van der Waals surface area contributed by atoms with Gasteiger partial charge >= 0.3 is 0 Å². The van der Waals surface area contributed by atoms with E-state index in [9.17, 15) is 4.79 Å². The van der Waals surface area contributed by atoms with Gasteiger partial charge < -0.3 is 5.32 Å². The fourth-order valence-corrected chi connectivity index (χ4v) is 0.649. The predicted molar refractivity (Wildman–Crippen MR) is 36.8 cm³/mol. The van der Waals surface area contributed by atoms with Crippen LogP contribution < -0.4 is 5.32 Å². The highest BCUT2D eigenvalue weighted by Crippen LogP contribution is 1.82. The van der Waals surface area contributed by atoms with Gasteiger partial charge in [-0.05, 0) is 13.1 Å². The van der Waals surface area contributed by atoms with Gasteiger partial charge in [0.05, 0.1) is 6.54 Å². The van der Waals surface area contributed by atoms with Gasteiger partial charge in [0.2, 0.25) is 0 Å². The Morgan fingerprint density at radius 2 is 2.60 bits per heavy atom. The van der Waals surface area contributed by atoms with Crippen molar-refractivity contribution in [2.45, 2.75) is 0 Å². The maximum absolute atomic E-state index is 10.9. The maximum atomic E-state index is 10.9. The summed E-state index contributed by atoms with van der Waals surface area (Å²) in [4.78, 5) is 10.9. The fourth-order valence-electron chi connectivity index (χ4n) is 0.649. The third kappa shape index (κ3) is 1.41. The average Bonchev–Trinajstić information content (AvgIpc) is 2.38. The highest BCUT2D eigenvalue weighted by Gasteiger charge is 1.99. The van der Waals surface area contributed by atoms with Crippen molar-refractivity contribution in [2.24, 2.45) is 0 Å². The Bertz CT molecular complexity index is 205. The van der Waals surface area contributed by atoms with Crippen LogP contribution in [-0.2, 0) is 0 Å². The normalized spacial score (nSPS) is 9.70. The highest BCUT2D eigenvalue weighted by atomic mass is 16.2. The van der Waals surface area contributed by atoms with E-state index in [2.05, 4.69) is 10.4 Å². The Morgan fingerprint density at radius 3 is 3.10 bits per heavy atom. The Hall–Kier alpha value is -1.16. The van der Waals surface area contributed by atoms with Crippen LogP contribution in [0.2, 0.25) is 0 Å². The van der Waals surface area contributed by atoms with Crippen LogP contribution in [0.5, 0.6) is 0 Å². The van der Waals surface area contributed by atoms with Gasteiger partial charge in [0, 0.05) is 12.4 Å². The fraction of sp³-hybridized carbons (Fsp3) is 0.333. The lowest BCUT2D eigenvalue weighted by Gasteiger charge is -1.96. The number of carbonyl (C=O) groups excluding carboxylic acids is 1. The van der Waals surface area contributed by atoms with Gasteiger partial charge in [0.25, 0.3) is 5.91 Å². The quantitative estimate of drug-likeness (QED) is 0.614. The van der Waals surface area contributed by atoms with Crippen LogP contribution in [-0.4, -0.2) is 29.3 Å². The lowest BCUT2D eigenvalue weighted by Crippen LogP contribution is -2.24. The van der Waals surface area contributed by atoms with Crippen molar-refractivity contribution in [1.82, 2.24) is 15.1 Å². The number of aromatic nitrogens is 2. The number of hydrogen-bond donors (Lipinski definition) is 1. The number of nitrogens with one attached hydrogen (secondary N) is 1. The molecule has 0 atom stereocenters. The second-order valence-electron chi connectivity index (χ2n) is 1.87. The SMILES string of the molecule is CNCC(=O)n1cccn1. The summed E-state index contributed by atoms with van der Waals surface area (Å²) in [5, 5.41) is 6.51. The minimum absolute atomic E-state index is 0.0486. The molecule has 10 heavy (non-hydrogen) atoms. The van der Waals surface area contributed by atoms with E-state index in [0.717, 1.165) is 0 Å². The van der Waals surface area contributed by atoms with Crippen LogP contribution in [0.15, 0.2) is 18.5 Å². The Kier molecular flexibility index (Phi) is 2.17. The van der Waals surface area contributed by atoms with Gasteiger partial charge in [0.1, 0.15) is 0 Å². The molecule has 0 aliphatic rings. The van der Waals surface area contributed by atoms with E-state index < -0.39 is 0 Å². The molecule has 1 aromatic heterocycles. The minimum atomic E-state index is -0.0486. The lowest BCUT2D eigenvalue weighted by molar-refractivity contribution is 0.0899. The summed E-state index contributed by atoms with van der Waals surface area (Å²) in [5.74, 6) is -0.0486. The standard InChI is InChI=1S/C6H9N3O/c1-7-5-6(10)9-4-2-3-8-9/h2-4,7H,5H2,1H3. The zero-order valence-corrected chi connectivity index (χ0v) is 5.74. The van der Waals surface area contributed by atoms with Crippen molar-refractivity contribution in [1.29, 1.82) is 0 Å². The first kappa shape index (κ1) is 6.95. The first-order valence-electron chi connectivity index (χ1n) is 3.02. The molecule has 4 nitrogen and oxygen atoms in total. The molecule has 0 aliphatic heterocycles. The number of carbonyl (C=O) groups is 1. The van der Waals surface area contributed by atoms with Gasteiger partial charge in [-0.15, -0.1) is 0 Å². The molecule has 1 aromatic rings. The number of hydrogen-bond acceptors (Lipinski definition) is 3. The minimum Gasteiger partial charge on any atom is -0.311 e. The van der Waals surface area contributed by atoms with Crippen LogP contribution >= 0.6 is 0 Å². The van der Waals surface area contributed by atoms with Crippen LogP contribution in [0.4, 0.5) is 0 Å². The Balaban J connectivity index is 2.59. The van der Waals surface area contributed by atoms with Crippen molar-refractivity contribution in [3.8, 4) is 0 Å². The largest absolute Gasteiger partial charge is 0.311 e. The van der Waals surface area contributed by atoms with Gasteiger partial charge in [-0.1, -0.05) is 0 Å². The summed E-state index contributed by atoms with van der Waals surface area (Å²) in [6, 6.07) is 1.72. The molecule has 0 fully saturated rings. The lowest BCUT2D eigenvalue weighted by atomic mass is 10.6. The smallest absolute Gasteiger partial charge is 0.260 e. The van der Waals surface area contributed by atoms with Crippen LogP contribution in [0.3, 0.4) is 0 Å². The molecule has 4 heteroatoms. The van der Waals surface area contributed by atoms with Crippen molar-refractivity contribution in [3.05, 3.63) is 18.5 Å². The summed E-state index contributed by atoms with van der Waals surface area (Å²) >= 11 is 0. The van der Waals surface area contributed by atoms with Crippen molar-refractivity contribution >= 4 is 5.91 Å². The second kappa shape index (κ2) is 3.12. The van der Waals surface area contributed by atoms with Crippen LogP contribution in [0, 0.1) is 0 Å². The van der Waals surface area contributed by atoms with E-state index in [1.54, 1.807) is 25.5 Å². The molecule has 0 bridgehead atoms. The number of nitrogens with zero attached hydrogens (tertiary/aromatic N) is 2. The monoisotopic (exact) mass is 139 g/mol. The predicted octanol–water partition coefficient (Wildman–Crippen LogP) is -0.257. The summed E-state index contributed by atoms with van der Waals surface area (Å²) in [5.41, 5.74) is 0. The second-order valence-corrected chi connectivity index (χ2v) is 1.87. The molecule has 1 heterocycles. The molecule has 0 saturated carbocycles. The molecule has 0 radical (unpaired) electrons. The Morgan fingerprint density at radius 1 is 1.80 bits per heavy atom. The summed E-state index contributed by atoms with van der Waals surface area (Å²) < 4.78 is 1.30. The zero-order valence-electron chi connectivity index (χ0n) is 5.74. The van der Waals surface area contributed by atoms with E-state index in [4.69, 9.17) is 0 Å². The van der Waals surface area contributed by atoms with E-state index in [-0.39, 0.29) is 5.91 Å². The molecule has 0 spiro atoms. The number of rotatable bonds is 2. The van der Waals surface area contributed by atoms with Gasteiger partial charge in [-0.25, -0.2) is 4.68 Å². The van der Waals surface area contributed by atoms with Crippen LogP contribution in [0.25, 0.3) is 0 Å². The molecule has 0 aliphatic carbocycles. The molecule has 0 amide bonds. The topological polar surface area (TPSA) is 46.9 Å². The zero-order chi connectivity index (χ0) is 7.40. The maximum Gasteiger partial charge on any atom is 0.260 e. The van der Waals surface area contributed by atoms with Crippen molar-refractivity contribution < 1.29 is 4.79 Å². The van der Waals surface area contributed by atoms with Gasteiger partial charge in [-0.2, -0.15) is 5.10 Å². The van der Waals surface area contributed by atoms with Crippen LogP contribution in [0.1, 0.15) is 4.79 Å². The Labute approximate surface area is 58.8 Å². The van der Waals surface area contributed by atoms with Gasteiger partial charge in [-0.3, -0.25) is 4.79 Å². The molecular formula is C6H9N3O. The molecule has 1 rings (SSSR count). The van der Waals surface area contributed by atoms with Crippen molar-refractivity contribution in [3.63, 3.8) is 0 Å². The molecule has 1 N–H and O–H groups in total. The first-order chi connectivity index (χ1) is 4.84. The van der Waals surface area contributed by atoms with E-state index in [0.29, 0.717) is 6.54 Å². The first-order valence-corrected chi connectivity index (χ1v) is 3.02. The molecular weight excluding hydrogens is 130 g/mol. The highest BCUT2D eigenvalue weighted by molar-refractivity contribution is 5.79. The molecule has 0 saturated heterocycles. The van der Waals surface area contributed by atoms with E-state index >= 15 is 0 Å². The molecule has 0 unspecified atom stereocenters. The summed E-state index contributed by atoms with van der Waals surface area (Å²) in [6.45, 7) is 0.321. The molecule has 0 aromatic carbocycles. The van der Waals surface area contributed by atoms with Gasteiger partial charge in [0.15, 0.2) is 0 Å². The van der Waals surface area contributed by atoms with E-state index in [1.165, 1.54) is 4.68 Å². The summed E-state index contributed by atoms with van der Waals surface area (Å²) in [6.07, 6.45) is 3.20. The number of likely N-dealkylation sites (N-methyl/N-ethyl adjacent to an activating group) is 1. The van der Waals surface area contributed by atoms with E-state index in [1.807, 2.05) is 0 Å². The van der Waals surface area contributed by atoms with Crippen molar-refractivity contribution in [2.75, 3.05) is 13.6 Å². The third-order valence-corrected chi connectivity index (χ3v) is 1.09. The average molecular weight is 139 g/mol.